The topological polar surface area (TPSA) is 77.3 Å². The van der Waals surface area contributed by atoms with Gasteiger partial charge in [-0.1, -0.05) is 60.7 Å². The van der Waals surface area contributed by atoms with Crippen molar-refractivity contribution in [3.05, 3.63) is 78.6 Å². The molecule has 0 atom stereocenters. The third-order valence-electron chi connectivity index (χ3n) is 4.34. The average Bonchev–Trinajstić information content (AvgIpc) is 3.22. The number of ether oxygens (including phenoxy) is 1. The molecule has 0 radical (unpaired) electrons. The van der Waals surface area contributed by atoms with Crippen molar-refractivity contribution in [2.45, 2.75) is 13.8 Å². The number of carbonyl (C=O) groups excluding carboxylic acids is 2. The van der Waals surface area contributed by atoms with Crippen LogP contribution in [0.1, 0.15) is 24.5 Å². The van der Waals surface area contributed by atoms with Crippen LogP contribution in [0.4, 0.5) is 0 Å². The van der Waals surface area contributed by atoms with Gasteiger partial charge in [-0.05, 0) is 26.0 Å². The SMILES string of the molecule is C=C(C)CN(CC)C(=O)COC(=O)c1nc(-c2ccccc2)n(-c2ccccc2)n1. The summed E-state index contributed by atoms with van der Waals surface area (Å²) in [5.74, 6) is -0.632. The van der Waals surface area contributed by atoms with Gasteiger partial charge in [0.25, 0.3) is 11.7 Å². The van der Waals surface area contributed by atoms with Gasteiger partial charge in [0.2, 0.25) is 0 Å². The number of esters is 1. The standard InChI is InChI=1S/C23H24N4O3/c1-4-26(15-17(2)3)20(28)16-30-23(29)21-24-22(18-11-7-5-8-12-18)27(25-21)19-13-9-6-10-14-19/h5-14H,2,4,15-16H2,1,3H3. The summed E-state index contributed by atoms with van der Waals surface area (Å²) in [7, 11) is 0. The number of hydrogen-bond acceptors (Lipinski definition) is 5. The molecule has 0 aliphatic rings. The minimum absolute atomic E-state index is 0.103. The Hall–Kier alpha value is -3.74. The molecule has 7 heteroatoms. The van der Waals surface area contributed by atoms with Crippen molar-refractivity contribution >= 4 is 11.9 Å². The van der Waals surface area contributed by atoms with Gasteiger partial charge in [0, 0.05) is 18.7 Å². The summed E-state index contributed by atoms with van der Waals surface area (Å²) in [6.07, 6.45) is 0. The monoisotopic (exact) mass is 404 g/mol. The highest BCUT2D eigenvalue weighted by Crippen LogP contribution is 2.21. The molecule has 30 heavy (non-hydrogen) atoms. The van der Waals surface area contributed by atoms with Gasteiger partial charge in [-0.2, -0.15) is 0 Å². The maximum Gasteiger partial charge on any atom is 0.378 e. The van der Waals surface area contributed by atoms with Gasteiger partial charge in [0.05, 0.1) is 5.69 Å². The van der Waals surface area contributed by atoms with Gasteiger partial charge in [0.15, 0.2) is 12.4 Å². The fourth-order valence-electron chi connectivity index (χ4n) is 2.91. The second kappa shape index (κ2) is 9.65. The van der Waals surface area contributed by atoms with E-state index in [0.29, 0.717) is 18.9 Å². The molecule has 0 spiro atoms. The molecule has 0 saturated heterocycles. The van der Waals surface area contributed by atoms with E-state index in [-0.39, 0.29) is 18.3 Å². The van der Waals surface area contributed by atoms with Crippen molar-refractivity contribution in [1.29, 1.82) is 0 Å². The highest BCUT2D eigenvalue weighted by molar-refractivity contribution is 5.88. The minimum Gasteiger partial charge on any atom is -0.450 e. The fraction of sp³-hybridized carbons (Fsp3) is 0.217. The Balaban J connectivity index is 1.82. The number of carbonyl (C=O) groups is 2. The van der Waals surface area contributed by atoms with E-state index in [4.69, 9.17) is 4.74 Å². The van der Waals surface area contributed by atoms with E-state index < -0.39 is 5.97 Å². The second-order valence-electron chi connectivity index (χ2n) is 6.81. The van der Waals surface area contributed by atoms with Gasteiger partial charge in [-0.15, -0.1) is 5.10 Å². The lowest BCUT2D eigenvalue weighted by Crippen LogP contribution is -2.35. The zero-order valence-corrected chi connectivity index (χ0v) is 17.1. The number of amides is 1. The number of likely N-dealkylation sites (N-methyl/N-ethyl adjacent to an activating group) is 1. The Morgan fingerprint density at radius 1 is 1.07 bits per heavy atom. The van der Waals surface area contributed by atoms with E-state index in [9.17, 15) is 9.59 Å². The quantitative estimate of drug-likeness (QED) is 0.424. The normalized spacial score (nSPS) is 10.5. The summed E-state index contributed by atoms with van der Waals surface area (Å²) >= 11 is 0. The van der Waals surface area contributed by atoms with Crippen LogP contribution in [0.5, 0.6) is 0 Å². The summed E-state index contributed by atoms with van der Waals surface area (Å²) in [4.78, 5) is 30.8. The van der Waals surface area contributed by atoms with Crippen LogP contribution in [0.3, 0.4) is 0 Å². The van der Waals surface area contributed by atoms with Crippen molar-refractivity contribution < 1.29 is 14.3 Å². The van der Waals surface area contributed by atoms with Crippen LogP contribution in [0.25, 0.3) is 17.1 Å². The van der Waals surface area contributed by atoms with Gasteiger partial charge < -0.3 is 9.64 Å². The van der Waals surface area contributed by atoms with Crippen molar-refractivity contribution in [3.8, 4) is 17.1 Å². The highest BCUT2D eigenvalue weighted by Gasteiger charge is 2.21. The molecule has 0 N–H and O–H groups in total. The molecule has 0 saturated carbocycles. The van der Waals surface area contributed by atoms with Crippen LogP contribution in [0.15, 0.2) is 72.8 Å². The lowest BCUT2D eigenvalue weighted by molar-refractivity contribution is -0.133. The molecule has 7 nitrogen and oxygen atoms in total. The summed E-state index contributed by atoms with van der Waals surface area (Å²) in [5, 5.41) is 4.34. The van der Waals surface area contributed by atoms with Crippen LogP contribution in [-0.2, 0) is 9.53 Å². The smallest absolute Gasteiger partial charge is 0.378 e. The van der Waals surface area contributed by atoms with Crippen molar-refractivity contribution in [2.75, 3.05) is 19.7 Å². The van der Waals surface area contributed by atoms with E-state index >= 15 is 0 Å². The van der Waals surface area contributed by atoms with E-state index in [1.807, 2.05) is 74.5 Å². The summed E-state index contributed by atoms with van der Waals surface area (Å²) < 4.78 is 6.79. The Labute approximate surface area is 175 Å². The second-order valence-corrected chi connectivity index (χ2v) is 6.81. The molecule has 0 fully saturated rings. The molecule has 0 bridgehead atoms. The maximum absolute atomic E-state index is 12.6. The summed E-state index contributed by atoms with van der Waals surface area (Å²) in [6, 6.07) is 18.8. The maximum atomic E-state index is 12.6. The number of aromatic nitrogens is 3. The van der Waals surface area contributed by atoms with E-state index in [0.717, 1.165) is 16.8 Å². The summed E-state index contributed by atoms with van der Waals surface area (Å²) in [6.45, 7) is 8.06. The molecule has 154 valence electrons. The largest absolute Gasteiger partial charge is 0.450 e. The first-order chi connectivity index (χ1) is 14.5. The molecule has 1 amide bonds. The first kappa shape index (κ1) is 21.0. The van der Waals surface area contributed by atoms with Crippen LogP contribution in [0, 0.1) is 0 Å². The van der Waals surface area contributed by atoms with Crippen LogP contribution >= 0.6 is 0 Å². The van der Waals surface area contributed by atoms with Gasteiger partial charge in [-0.25, -0.2) is 14.5 Å². The number of hydrogen-bond donors (Lipinski definition) is 0. The van der Waals surface area contributed by atoms with Crippen molar-refractivity contribution in [3.63, 3.8) is 0 Å². The molecule has 2 aromatic carbocycles. The van der Waals surface area contributed by atoms with Crippen LogP contribution in [-0.4, -0.2) is 51.2 Å². The minimum atomic E-state index is -0.749. The van der Waals surface area contributed by atoms with E-state index in [2.05, 4.69) is 16.7 Å². The summed E-state index contributed by atoms with van der Waals surface area (Å²) in [5.41, 5.74) is 2.42. The molecule has 0 aliphatic carbocycles. The molecule has 3 aromatic rings. The van der Waals surface area contributed by atoms with Crippen molar-refractivity contribution in [2.24, 2.45) is 0 Å². The molecule has 1 heterocycles. The van der Waals surface area contributed by atoms with Crippen molar-refractivity contribution in [1.82, 2.24) is 19.7 Å². The Bertz CT molecular complexity index is 972. The molecule has 1 aromatic heterocycles. The first-order valence-electron chi connectivity index (χ1n) is 9.66. The number of nitrogens with zero attached hydrogens (tertiary/aromatic N) is 4. The Morgan fingerprint density at radius 3 is 2.30 bits per heavy atom. The first-order valence-corrected chi connectivity index (χ1v) is 9.66. The van der Waals surface area contributed by atoms with E-state index in [1.165, 1.54) is 0 Å². The number of benzene rings is 2. The third kappa shape index (κ3) is 5.00. The third-order valence-corrected chi connectivity index (χ3v) is 4.34. The Kier molecular flexibility index (Phi) is 6.75. The predicted octanol–water partition coefficient (Wildman–Crippen LogP) is 3.52. The number of para-hydroxylation sites is 1. The Morgan fingerprint density at radius 2 is 1.70 bits per heavy atom. The van der Waals surface area contributed by atoms with Gasteiger partial charge >= 0.3 is 5.97 Å². The van der Waals surface area contributed by atoms with E-state index in [1.54, 1.807) is 9.58 Å². The molecule has 0 aliphatic heterocycles. The molecule has 3 rings (SSSR count). The fourth-order valence-corrected chi connectivity index (χ4v) is 2.91. The lowest BCUT2D eigenvalue weighted by Gasteiger charge is -2.20. The van der Waals surface area contributed by atoms with Crippen LogP contribution < -0.4 is 0 Å². The number of rotatable bonds is 8. The molecular weight excluding hydrogens is 380 g/mol. The molecular formula is C23H24N4O3. The predicted molar refractivity (Wildman–Crippen MR) is 114 cm³/mol. The average molecular weight is 404 g/mol. The highest BCUT2D eigenvalue weighted by atomic mass is 16.5. The zero-order valence-electron chi connectivity index (χ0n) is 17.1. The van der Waals surface area contributed by atoms with Crippen LogP contribution in [0.2, 0.25) is 0 Å². The molecule has 0 unspecified atom stereocenters. The lowest BCUT2D eigenvalue weighted by atomic mass is 10.2. The van der Waals surface area contributed by atoms with Gasteiger partial charge in [0.1, 0.15) is 0 Å². The zero-order chi connectivity index (χ0) is 21.5. The van der Waals surface area contributed by atoms with Gasteiger partial charge in [-0.3, -0.25) is 4.79 Å².